The highest BCUT2D eigenvalue weighted by Crippen LogP contribution is 2.25. The summed E-state index contributed by atoms with van der Waals surface area (Å²) in [6.45, 7) is 6.93. The van der Waals surface area contributed by atoms with Gasteiger partial charge in [0.25, 0.3) is 0 Å². The van der Waals surface area contributed by atoms with Crippen molar-refractivity contribution >= 4 is 24.6 Å². The van der Waals surface area contributed by atoms with Crippen LogP contribution in [-0.4, -0.2) is 19.9 Å². The van der Waals surface area contributed by atoms with Crippen molar-refractivity contribution in [1.82, 2.24) is 19.9 Å². The lowest BCUT2D eigenvalue weighted by Crippen LogP contribution is -2.11. The molecule has 26 heavy (non-hydrogen) atoms. The molecule has 0 N–H and O–H groups in total. The fraction of sp³-hybridized carbons (Fsp3) is 0.263. The average Bonchev–Trinajstić information content (AvgIpc) is 2.66. The van der Waals surface area contributed by atoms with Crippen LogP contribution in [0.4, 0.5) is 11.8 Å². The molecule has 0 aliphatic carbocycles. The second-order valence-corrected chi connectivity index (χ2v) is 7.20. The number of anilines is 2. The Morgan fingerprint density at radius 2 is 1.69 bits per heavy atom. The zero-order chi connectivity index (χ0) is 18.6. The Balaban J connectivity index is 1.67. The molecule has 0 spiro atoms. The van der Waals surface area contributed by atoms with Gasteiger partial charge in [-0.05, 0) is 35.2 Å². The van der Waals surface area contributed by atoms with Crippen LogP contribution >= 0.6 is 12.8 Å². The van der Waals surface area contributed by atoms with Gasteiger partial charge in [-0.1, -0.05) is 51.8 Å². The van der Waals surface area contributed by atoms with Gasteiger partial charge < -0.3 is 4.74 Å². The molecule has 134 valence electrons. The molecule has 6 nitrogen and oxygen atoms in total. The van der Waals surface area contributed by atoms with Crippen LogP contribution in [0.2, 0.25) is 0 Å². The van der Waals surface area contributed by atoms with Gasteiger partial charge in [0.15, 0.2) is 0 Å². The van der Waals surface area contributed by atoms with E-state index in [1.807, 2.05) is 30.3 Å². The van der Waals surface area contributed by atoms with E-state index < -0.39 is 0 Å². The van der Waals surface area contributed by atoms with Crippen molar-refractivity contribution in [2.24, 2.45) is 0 Å². The molecule has 3 aromatic rings. The van der Waals surface area contributed by atoms with Crippen molar-refractivity contribution in [2.45, 2.75) is 32.8 Å². The number of aromatic nitrogens is 4. The molecule has 1 aromatic carbocycles. The first-order valence-electron chi connectivity index (χ1n) is 8.24. The number of hydrogen-bond donors (Lipinski definition) is 1. The summed E-state index contributed by atoms with van der Waals surface area (Å²) in [6, 6.07) is 13.8. The lowest BCUT2D eigenvalue weighted by Gasteiger charge is -2.19. The van der Waals surface area contributed by atoms with E-state index in [9.17, 15) is 0 Å². The molecule has 2 aromatic heterocycles. The summed E-state index contributed by atoms with van der Waals surface area (Å²) in [5, 5.41) is 0. The van der Waals surface area contributed by atoms with Crippen molar-refractivity contribution in [2.75, 3.05) is 4.31 Å². The highest BCUT2D eigenvalue weighted by molar-refractivity contribution is 7.82. The minimum Gasteiger partial charge on any atom is -0.487 e. The standard InChI is InChI=1S/C19H21N5OS/c1-19(2,3)14-7-9-16(10-8-14)25-11-15-5-4-6-17(23-15)24(26)18-21-12-20-13-22-18/h4-10,12-13,26H,11H2,1-3H3. The van der Waals surface area contributed by atoms with Crippen molar-refractivity contribution in [1.29, 1.82) is 0 Å². The molecule has 0 atom stereocenters. The quantitative estimate of drug-likeness (QED) is 0.684. The monoisotopic (exact) mass is 367 g/mol. The third-order valence-electron chi connectivity index (χ3n) is 3.79. The molecule has 0 amide bonds. The van der Waals surface area contributed by atoms with Gasteiger partial charge in [0.1, 0.15) is 30.8 Å². The Bertz CT molecular complexity index is 850. The summed E-state index contributed by atoms with van der Waals surface area (Å²) >= 11 is 4.41. The fourth-order valence-corrected chi connectivity index (χ4v) is 2.53. The van der Waals surface area contributed by atoms with E-state index in [-0.39, 0.29) is 5.41 Å². The maximum atomic E-state index is 5.85. The van der Waals surface area contributed by atoms with E-state index in [0.717, 1.165) is 11.4 Å². The molecule has 2 heterocycles. The third kappa shape index (κ3) is 4.49. The van der Waals surface area contributed by atoms with Gasteiger partial charge >= 0.3 is 0 Å². The number of thiol groups is 1. The zero-order valence-corrected chi connectivity index (χ0v) is 15.9. The largest absolute Gasteiger partial charge is 0.487 e. The molecular weight excluding hydrogens is 346 g/mol. The molecule has 0 aliphatic heterocycles. The van der Waals surface area contributed by atoms with Crippen LogP contribution in [0.1, 0.15) is 32.0 Å². The number of hydrogen-bond acceptors (Lipinski definition) is 7. The Hall–Kier alpha value is -2.67. The smallest absolute Gasteiger partial charge is 0.244 e. The Morgan fingerprint density at radius 1 is 1.00 bits per heavy atom. The van der Waals surface area contributed by atoms with Gasteiger partial charge in [-0.3, -0.25) is 0 Å². The minimum atomic E-state index is 0.124. The molecule has 0 aliphatic rings. The van der Waals surface area contributed by atoms with Crippen LogP contribution in [0.5, 0.6) is 5.75 Å². The van der Waals surface area contributed by atoms with Gasteiger partial charge in [0.2, 0.25) is 5.95 Å². The topological polar surface area (TPSA) is 64.0 Å². The van der Waals surface area contributed by atoms with Gasteiger partial charge in [-0.15, -0.1) is 0 Å². The molecule has 0 unspecified atom stereocenters. The number of benzene rings is 1. The Morgan fingerprint density at radius 3 is 2.35 bits per heavy atom. The lowest BCUT2D eigenvalue weighted by atomic mass is 9.87. The second kappa shape index (κ2) is 7.70. The highest BCUT2D eigenvalue weighted by atomic mass is 32.1. The van der Waals surface area contributed by atoms with Crippen molar-refractivity contribution < 1.29 is 4.74 Å². The summed E-state index contributed by atoms with van der Waals surface area (Å²) in [5.41, 5.74) is 2.18. The molecular formula is C19H21N5OS. The van der Waals surface area contributed by atoms with Crippen molar-refractivity contribution in [3.63, 3.8) is 0 Å². The molecule has 0 radical (unpaired) electrons. The summed E-state index contributed by atoms with van der Waals surface area (Å²) in [7, 11) is 0. The molecule has 3 rings (SSSR count). The number of rotatable bonds is 5. The summed E-state index contributed by atoms with van der Waals surface area (Å²) < 4.78 is 7.36. The van der Waals surface area contributed by atoms with Crippen LogP contribution in [-0.2, 0) is 12.0 Å². The van der Waals surface area contributed by atoms with E-state index >= 15 is 0 Å². The van der Waals surface area contributed by atoms with E-state index in [1.54, 1.807) is 0 Å². The van der Waals surface area contributed by atoms with E-state index in [4.69, 9.17) is 4.74 Å². The van der Waals surface area contributed by atoms with Gasteiger partial charge in [0.05, 0.1) is 5.69 Å². The summed E-state index contributed by atoms with van der Waals surface area (Å²) in [4.78, 5) is 16.5. The fourth-order valence-electron chi connectivity index (χ4n) is 2.32. The van der Waals surface area contributed by atoms with Gasteiger partial charge in [-0.25, -0.2) is 24.2 Å². The Kier molecular flexibility index (Phi) is 5.37. The maximum absolute atomic E-state index is 5.85. The predicted octanol–water partition coefficient (Wildman–Crippen LogP) is 4.13. The van der Waals surface area contributed by atoms with Crippen LogP contribution in [0.25, 0.3) is 0 Å². The molecule has 0 bridgehead atoms. The van der Waals surface area contributed by atoms with Gasteiger partial charge in [-0.2, -0.15) is 0 Å². The predicted molar refractivity (Wildman–Crippen MR) is 105 cm³/mol. The van der Waals surface area contributed by atoms with Crippen LogP contribution < -0.4 is 9.04 Å². The van der Waals surface area contributed by atoms with Gasteiger partial charge in [0, 0.05) is 0 Å². The summed E-state index contributed by atoms with van der Waals surface area (Å²) in [6.07, 6.45) is 2.83. The van der Waals surface area contributed by atoms with Crippen LogP contribution in [0.3, 0.4) is 0 Å². The number of pyridine rings is 1. The zero-order valence-electron chi connectivity index (χ0n) is 15.0. The average molecular weight is 367 g/mol. The normalized spacial score (nSPS) is 11.2. The van der Waals surface area contributed by atoms with Crippen LogP contribution in [0.15, 0.2) is 55.1 Å². The molecule has 0 saturated carbocycles. The molecule has 7 heteroatoms. The van der Waals surface area contributed by atoms with Crippen LogP contribution in [0, 0.1) is 0 Å². The SMILES string of the molecule is CC(C)(C)c1ccc(OCc2cccc(N(S)c3ncncn3)n2)cc1. The second-order valence-electron chi connectivity index (χ2n) is 6.80. The number of nitrogens with zero attached hydrogens (tertiary/aromatic N) is 5. The highest BCUT2D eigenvalue weighted by Gasteiger charge is 2.13. The van der Waals surface area contributed by atoms with E-state index in [2.05, 4.69) is 65.7 Å². The Labute approximate surface area is 158 Å². The molecule has 0 saturated heterocycles. The van der Waals surface area contributed by atoms with E-state index in [0.29, 0.717) is 18.4 Å². The van der Waals surface area contributed by atoms with Crippen molar-refractivity contribution in [3.8, 4) is 5.75 Å². The lowest BCUT2D eigenvalue weighted by molar-refractivity contribution is 0.301. The number of ether oxygens (including phenoxy) is 1. The third-order valence-corrected chi connectivity index (χ3v) is 4.17. The molecule has 0 fully saturated rings. The first kappa shape index (κ1) is 18.1. The van der Waals surface area contributed by atoms with Crippen molar-refractivity contribution in [3.05, 3.63) is 66.4 Å². The summed E-state index contributed by atoms with van der Waals surface area (Å²) in [5.74, 6) is 1.83. The maximum Gasteiger partial charge on any atom is 0.244 e. The first-order valence-corrected chi connectivity index (χ1v) is 8.64. The minimum absolute atomic E-state index is 0.124. The van der Waals surface area contributed by atoms with E-state index in [1.165, 1.54) is 22.5 Å². The first-order chi connectivity index (χ1) is 12.4.